The lowest BCUT2D eigenvalue weighted by Gasteiger charge is -2.46. The summed E-state index contributed by atoms with van der Waals surface area (Å²) >= 11 is 0. The Labute approximate surface area is 56.8 Å². The summed E-state index contributed by atoms with van der Waals surface area (Å²) in [5.74, 6) is 0. The highest BCUT2D eigenvalue weighted by molar-refractivity contribution is 9.13. The summed E-state index contributed by atoms with van der Waals surface area (Å²) in [7, 11) is 4.70. The van der Waals surface area contributed by atoms with Crippen LogP contribution in [-0.2, 0) is 0 Å². The van der Waals surface area contributed by atoms with Crippen molar-refractivity contribution in [1.29, 1.82) is 0 Å². The van der Waals surface area contributed by atoms with E-state index in [0.29, 0.717) is 0 Å². The first-order chi connectivity index (χ1) is 3.25. The predicted octanol–water partition coefficient (Wildman–Crippen LogP) is 1.74. The number of hydrogen-bond donors (Lipinski definition) is 0. The highest BCUT2D eigenvalue weighted by atomic mass is 33.2. The highest BCUT2D eigenvalue weighted by Crippen LogP contribution is 2.68. The summed E-state index contributed by atoms with van der Waals surface area (Å²) in [6, 6.07) is 0. The van der Waals surface area contributed by atoms with Crippen LogP contribution in [0.1, 0.15) is 0 Å². The Morgan fingerprint density at radius 2 is 1.00 bits per heavy atom. The lowest BCUT2D eigenvalue weighted by Crippen LogP contribution is -2.03. The standard InChI is InChI=1S/C5H15BS2/c1-7(2,3)8(4,5)6/h1-5H3. The van der Waals surface area contributed by atoms with Crippen LogP contribution in [0, 0.1) is 0 Å². The minimum absolute atomic E-state index is 0.479. The molecule has 8 heavy (non-hydrogen) atoms. The fraction of sp³-hybridized carbons (Fsp3) is 1.00. The molecule has 0 fully saturated rings. The molecule has 0 nitrogen and oxygen atoms in total. The van der Waals surface area contributed by atoms with Crippen LogP contribution < -0.4 is 0 Å². The summed E-state index contributed by atoms with van der Waals surface area (Å²) < 4.78 is 0. The quantitative estimate of drug-likeness (QED) is 0.394. The summed E-state index contributed by atoms with van der Waals surface area (Å²) in [5, 5.41) is 0. The van der Waals surface area contributed by atoms with Crippen LogP contribution in [0.25, 0.3) is 0 Å². The van der Waals surface area contributed by atoms with Gasteiger partial charge in [0.15, 0.2) is 0 Å². The number of hydrogen-bond acceptors (Lipinski definition) is 0. The molecule has 2 radical (unpaired) electrons. The Morgan fingerprint density at radius 3 is 1.00 bits per heavy atom. The Kier molecular flexibility index (Phi) is 2.39. The van der Waals surface area contributed by atoms with E-state index in [1.165, 1.54) is 0 Å². The van der Waals surface area contributed by atoms with Gasteiger partial charge in [-0.3, -0.25) is 8.91 Å². The van der Waals surface area contributed by atoms with Crippen LogP contribution >= 0.6 is 18.0 Å². The third-order valence-corrected chi connectivity index (χ3v) is 11.6. The van der Waals surface area contributed by atoms with Crippen LogP contribution in [0.4, 0.5) is 0 Å². The Balaban J connectivity index is 4.02. The zero-order valence-corrected chi connectivity index (χ0v) is 8.03. The molecule has 0 aromatic rings. The van der Waals surface area contributed by atoms with Crippen LogP contribution in [0.5, 0.6) is 0 Å². The summed E-state index contributed by atoms with van der Waals surface area (Å²) in [4.78, 5) is 0. The summed E-state index contributed by atoms with van der Waals surface area (Å²) in [5.41, 5.74) is 0. The topological polar surface area (TPSA) is 0 Å². The third-order valence-electron chi connectivity index (χ3n) is 1.29. The normalized spacial score (nSPS) is 18.1. The van der Waals surface area contributed by atoms with Gasteiger partial charge in [-0.25, -0.2) is 9.06 Å². The van der Waals surface area contributed by atoms with Crippen LogP contribution in [0.15, 0.2) is 0 Å². The lowest BCUT2D eigenvalue weighted by molar-refractivity contribution is 2.14. The van der Waals surface area contributed by atoms with Crippen LogP contribution in [-0.4, -0.2) is 38.4 Å². The van der Waals surface area contributed by atoms with E-state index >= 15 is 0 Å². The van der Waals surface area contributed by atoms with Crippen molar-refractivity contribution in [3.8, 4) is 0 Å². The molecule has 0 bridgehead atoms. The van der Waals surface area contributed by atoms with Crippen molar-refractivity contribution in [2.24, 2.45) is 0 Å². The maximum absolute atomic E-state index is 5.93. The smallest absolute Gasteiger partial charge is 0.149 e. The maximum atomic E-state index is 5.93. The molecule has 0 aliphatic heterocycles. The molecular weight excluding hydrogens is 135 g/mol. The molecule has 50 valence electrons. The minimum atomic E-state index is -0.757. The molecule has 0 aliphatic rings. The van der Waals surface area contributed by atoms with Gasteiger partial charge in [-0.05, 0) is 31.3 Å². The van der Waals surface area contributed by atoms with Crippen molar-refractivity contribution in [2.75, 3.05) is 31.3 Å². The second-order valence-corrected chi connectivity index (χ2v) is 14.7. The van der Waals surface area contributed by atoms with E-state index in [1.807, 2.05) is 0 Å². The molecule has 3 heteroatoms. The molecule has 0 N–H and O–H groups in total. The molecule has 0 atom stereocenters. The van der Waals surface area contributed by atoms with Crippen molar-refractivity contribution in [3.05, 3.63) is 0 Å². The Bertz CT molecular complexity index is 65.4. The monoisotopic (exact) mass is 150 g/mol. The molecule has 0 amide bonds. The Hall–Kier alpha value is 0.765. The lowest BCUT2D eigenvalue weighted by atomic mass is 10.8. The van der Waals surface area contributed by atoms with Gasteiger partial charge in [-0.1, -0.05) is 0 Å². The van der Waals surface area contributed by atoms with Gasteiger partial charge < -0.3 is 0 Å². The summed E-state index contributed by atoms with van der Waals surface area (Å²) in [6.45, 7) is 0. The molecule has 0 spiro atoms. The molecule has 0 saturated carbocycles. The molecular formula is C5H15BS2. The SMILES string of the molecule is [B]S(C)(C)S(C)(C)C. The van der Waals surface area contributed by atoms with Gasteiger partial charge in [-0.2, -0.15) is 0 Å². The molecule has 0 aromatic heterocycles. The van der Waals surface area contributed by atoms with Crippen LogP contribution in [0.2, 0.25) is 0 Å². The fourth-order valence-corrected chi connectivity index (χ4v) is 0. The molecule has 0 aromatic carbocycles. The number of rotatable bonds is 1. The minimum Gasteiger partial charge on any atom is -0.259 e. The van der Waals surface area contributed by atoms with E-state index in [4.69, 9.17) is 7.12 Å². The zero-order chi connectivity index (χ0) is 7.00. The largest absolute Gasteiger partial charge is 0.259 e. The van der Waals surface area contributed by atoms with Crippen molar-refractivity contribution in [3.63, 3.8) is 0 Å². The van der Waals surface area contributed by atoms with Gasteiger partial charge in [0.25, 0.3) is 0 Å². The van der Waals surface area contributed by atoms with Gasteiger partial charge in [0.2, 0.25) is 0 Å². The average Bonchev–Trinajstić information content (AvgIpc) is 1.25. The second-order valence-electron chi connectivity index (χ2n) is 3.03. The van der Waals surface area contributed by atoms with E-state index < -0.39 is 18.0 Å². The molecule has 0 aliphatic carbocycles. The first kappa shape index (κ1) is 8.76. The van der Waals surface area contributed by atoms with Gasteiger partial charge >= 0.3 is 0 Å². The van der Waals surface area contributed by atoms with Crippen molar-refractivity contribution in [1.82, 2.24) is 0 Å². The summed E-state index contributed by atoms with van der Waals surface area (Å²) in [6.07, 6.45) is 11.1. The first-order valence-corrected chi connectivity index (χ1v) is 8.33. The molecule has 0 heterocycles. The molecule has 0 unspecified atom stereocenters. The first-order valence-electron chi connectivity index (χ1n) is 2.44. The van der Waals surface area contributed by atoms with Crippen molar-refractivity contribution in [2.45, 2.75) is 0 Å². The zero-order valence-electron chi connectivity index (χ0n) is 6.39. The van der Waals surface area contributed by atoms with Crippen LogP contribution in [0.3, 0.4) is 0 Å². The fourth-order valence-electron chi connectivity index (χ4n) is 0. The van der Waals surface area contributed by atoms with Gasteiger partial charge in [0.05, 0.1) is 0 Å². The maximum Gasteiger partial charge on any atom is 0.149 e. The second kappa shape index (κ2) is 2.18. The van der Waals surface area contributed by atoms with Crippen molar-refractivity contribution >= 4 is 25.1 Å². The third kappa shape index (κ3) is 2.36. The molecule has 0 saturated heterocycles. The highest BCUT2D eigenvalue weighted by Gasteiger charge is 2.16. The predicted molar refractivity (Wildman–Crippen MR) is 50.6 cm³/mol. The van der Waals surface area contributed by atoms with Crippen molar-refractivity contribution < 1.29 is 0 Å². The van der Waals surface area contributed by atoms with E-state index in [-0.39, 0.29) is 0 Å². The molecule has 0 rings (SSSR count). The van der Waals surface area contributed by atoms with Gasteiger partial charge in [0.1, 0.15) is 7.12 Å². The van der Waals surface area contributed by atoms with E-state index in [0.717, 1.165) is 0 Å². The van der Waals surface area contributed by atoms with E-state index in [2.05, 4.69) is 31.3 Å². The van der Waals surface area contributed by atoms with E-state index in [9.17, 15) is 0 Å². The Morgan fingerprint density at radius 1 is 0.875 bits per heavy atom. The van der Waals surface area contributed by atoms with E-state index in [1.54, 1.807) is 0 Å². The van der Waals surface area contributed by atoms with Gasteiger partial charge in [-0.15, -0.1) is 0 Å². The average molecular weight is 150 g/mol. The van der Waals surface area contributed by atoms with Gasteiger partial charge in [0, 0.05) is 0 Å².